The lowest BCUT2D eigenvalue weighted by Crippen LogP contribution is -2.47. The van der Waals surface area contributed by atoms with Gasteiger partial charge in [0, 0.05) is 11.9 Å². The summed E-state index contributed by atoms with van der Waals surface area (Å²) in [6, 6.07) is 10.9. The number of amides is 1. The Kier molecular flexibility index (Phi) is 6.21. The third kappa shape index (κ3) is 4.22. The molecule has 1 amide bonds. The Balaban J connectivity index is 1.73. The first-order valence-electron chi connectivity index (χ1n) is 10.9. The molecule has 2 aliphatic rings. The average molecular weight is 435 g/mol. The Morgan fingerprint density at radius 3 is 2.44 bits per heavy atom. The molecule has 4 rings (SSSR count). The Hall–Kier alpha value is -3.28. The Labute approximate surface area is 188 Å². The molecule has 0 radical (unpaired) electrons. The van der Waals surface area contributed by atoms with E-state index in [1.54, 1.807) is 24.3 Å². The Bertz CT molecular complexity index is 1010. The highest BCUT2D eigenvalue weighted by Crippen LogP contribution is 2.49. The van der Waals surface area contributed by atoms with Gasteiger partial charge in [0.2, 0.25) is 5.91 Å². The van der Waals surface area contributed by atoms with E-state index >= 15 is 0 Å². The number of ether oxygens (including phenoxy) is 1. The van der Waals surface area contributed by atoms with E-state index in [1.807, 2.05) is 49.4 Å². The second-order valence-electron chi connectivity index (χ2n) is 8.81. The SMILES string of the molecule is C=C(C)C[C@@H](c1ccc(OC)cc1)N(Cc1ccco1)C(=O)[C@@H]1[C@H](C(=O)[O-])[C@H]2C=C[C@@H]1C2. The first kappa shape index (κ1) is 21.9. The Morgan fingerprint density at radius 2 is 1.88 bits per heavy atom. The van der Waals surface area contributed by atoms with Crippen LogP contribution in [0.15, 0.2) is 71.4 Å². The molecule has 1 saturated carbocycles. The van der Waals surface area contributed by atoms with Crippen LogP contribution in [0.1, 0.15) is 37.1 Å². The number of carbonyl (C=O) groups excluding carboxylic acids is 2. The monoisotopic (exact) mass is 434 g/mol. The van der Waals surface area contributed by atoms with Crippen LogP contribution >= 0.6 is 0 Å². The van der Waals surface area contributed by atoms with Gasteiger partial charge in [0.1, 0.15) is 11.5 Å². The minimum Gasteiger partial charge on any atom is -0.550 e. The van der Waals surface area contributed by atoms with Gasteiger partial charge in [-0.2, -0.15) is 0 Å². The fraction of sp³-hybridized carbons (Fsp3) is 0.385. The number of hydrogen-bond donors (Lipinski definition) is 0. The summed E-state index contributed by atoms with van der Waals surface area (Å²) in [4.78, 5) is 27.7. The van der Waals surface area contributed by atoms with E-state index in [2.05, 4.69) is 6.58 Å². The van der Waals surface area contributed by atoms with Crippen molar-refractivity contribution >= 4 is 11.9 Å². The smallest absolute Gasteiger partial charge is 0.227 e. The average Bonchev–Trinajstić information content (AvgIpc) is 3.53. The Morgan fingerprint density at radius 1 is 1.19 bits per heavy atom. The van der Waals surface area contributed by atoms with Gasteiger partial charge in [-0.1, -0.05) is 29.9 Å². The number of rotatable bonds is 9. The molecule has 0 spiro atoms. The summed E-state index contributed by atoms with van der Waals surface area (Å²) in [5.41, 5.74) is 1.85. The van der Waals surface area contributed by atoms with Gasteiger partial charge in [-0.05, 0) is 61.4 Å². The number of carboxylic acids is 1. The van der Waals surface area contributed by atoms with Crippen molar-refractivity contribution in [2.24, 2.45) is 23.7 Å². The third-order valence-electron chi connectivity index (χ3n) is 6.62. The predicted molar refractivity (Wildman–Crippen MR) is 117 cm³/mol. The van der Waals surface area contributed by atoms with Crippen molar-refractivity contribution in [2.75, 3.05) is 7.11 Å². The van der Waals surface area contributed by atoms with Crippen molar-refractivity contribution in [1.82, 2.24) is 4.90 Å². The number of aliphatic carboxylic acids is 1. The summed E-state index contributed by atoms with van der Waals surface area (Å²) in [6.45, 7) is 6.24. The normalized spacial score (nSPS) is 24.3. The molecule has 2 bridgehead atoms. The lowest BCUT2D eigenvalue weighted by atomic mass is 9.81. The standard InChI is InChI=1S/C26H29NO5/c1-16(2)13-22(17-8-10-20(31-3)11-9-17)27(15-21-5-4-12-32-21)25(28)23-18-6-7-19(14-18)24(23)26(29)30/h4-12,18-19,22-24H,1,13-15H2,2-3H3,(H,29,30)/p-1/t18-,19+,22+,23+,24-/m1/s1. The second kappa shape index (κ2) is 9.07. The van der Waals surface area contributed by atoms with Crippen molar-refractivity contribution in [3.63, 3.8) is 0 Å². The molecule has 1 heterocycles. The summed E-state index contributed by atoms with van der Waals surface area (Å²) in [5.74, 6) is -1.66. The molecular weight excluding hydrogens is 406 g/mol. The van der Waals surface area contributed by atoms with Crippen molar-refractivity contribution in [3.05, 3.63) is 78.3 Å². The molecular formula is C26H28NO5-. The fourth-order valence-electron chi connectivity index (χ4n) is 5.15. The molecule has 0 saturated heterocycles. The zero-order valence-electron chi connectivity index (χ0n) is 18.4. The molecule has 1 aromatic carbocycles. The zero-order valence-corrected chi connectivity index (χ0v) is 18.4. The number of benzene rings is 1. The lowest BCUT2D eigenvalue weighted by molar-refractivity contribution is -0.313. The first-order chi connectivity index (χ1) is 15.4. The van der Waals surface area contributed by atoms with E-state index in [-0.39, 0.29) is 30.3 Å². The highest BCUT2D eigenvalue weighted by molar-refractivity contribution is 5.86. The quantitative estimate of drug-likeness (QED) is 0.564. The summed E-state index contributed by atoms with van der Waals surface area (Å²) in [6.07, 6.45) is 6.70. The molecule has 0 aliphatic heterocycles. The van der Waals surface area contributed by atoms with Crippen molar-refractivity contribution in [3.8, 4) is 5.75 Å². The maximum absolute atomic E-state index is 14.0. The van der Waals surface area contributed by atoms with Crippen LogP contribution in [0.25, 0.3) is 0 Å². The minimum atomic E-state index is -1.15. The van der Waals surface area contributed by atoms with Crippen LogP contribution in [0.2, 0.25) is 0 Å². The van der Waals surface area contributed by atoms with Gasteiger partial charge in [-0.15, -0.1) is 6.58 Å². The van der Waals surface area contributed by atoms with E-state index in [9.17, 15) is 14.7 Å². The largest absolute Gasteiger partial charge is 0.550 e. The predicted octanol–water partition coefficient (Wildman–Crippen LogP) is 3.51. The maximum atomic E-state index is 14.0. The van der Waals surface area contributed by atoms with E-state index in [0.29, 0.717) is 18.6 Å². The molecule has 0 N–H and O–H groups in total. The topological polar surface area (TPSA) is 82.8 Å². The van der Waals surface area contributed by atoms with Crippen LogP contribution in [0.3, 0.4) is 0 Å². The van der Waals surface area contributed by atoms with Crippen LogP contribution in [0, 0.1) is 23.7 Å². The van der Waals surface area contributed by atoms with Crippen LogP contribution in [0.4, 0.5) is 0 Å². The molecule has 0 unspecified atom stereocenters. The fourth-order valence-corrected chi connectivity index (χ4v) is 5.15. The molecule has 2 aliphatic carbocycles. The molecule has 5 atom stereocenters. The van der Waals surface area contributed by atoms with Crippen LogP contribution in [0.5, 0.6) is 5.75 Å². The second-order valence-corrected chi connectivity index (χ2v) is 8.81. The summed E-state index contributed by atoms with van der Waals surface area (Å²) >= 11 is 0. The van der Waals surface area contributed by atoms with Gasteiger partial charge >= 0.3 is 0 Å². The van der Waals surface area contributed by atoms with Crippen molar-refractivity contribution in [2.45, 2.75) is 32.4 Å². The van der Waals surface area contributed by atoms with E-state index in [4.69, 9.17) is 9.15 Å². The summed E-state index contributed by atoms with van der Waals surface area (Å²) in [7, 11) is 1.61. The number of methoxy groups -OCH3 is 1. The number of fused-ring (bicyclic) bond motifs is 2. The molecule has 1 aromatic heterocycles. The van der Waals surface area contributed by atoms with Gasteiger partial charge in [0.15, 0.2) is 0 Å². The minimum absolute atomic E-state index is 0.0872. The summed E-state index contributed by atoms with van der Waals surface area (Å²) < 4.78 is 10.8. The van der Waals surface area contributed by atoms with Gasteiger partial charge < -0.3 is 24.0 Å². The van der Waals surface area contributed by atoms with Gasteiger partial charge in [-0.25, -0.2) is 0 Å². The zero-order chi connectivity index (χ0) is 22.8. The lowest BCUT2D eigenvalue weighted by Gasteiger charge is -2.37. The number of allylic oxidation sites excluding steroid dienone is 2. The maximum Gasteiger partial charge on any atom is 0.227 e. The van der Waals surface area contributed by atoms with Crippen molar-refractivity contribution < 1.29 is 23.8 Å². The first-order valence-corrected chi connectivity index (χ1v) is 10.9. The summed E-state index contributed by atoms with van der Waals surface area (Å²) in [5, 5.41) is 12.0. The van der Waals surface area contributed by atoms with Gasteiger partial charge in [-0.3, -0.25) is 4.79 Å². The number of carbonyl (C=O) groups is 2. The highest BCUT2D eigenvalue weighted by atomic mass is 16.5. The van der Waals surface area contributed by atoms with Crippen LogP contribution in [-0.4, -0.2) is 23.9 Å². The molecule has 6 heteroatoms. The third-order valence-corrected chi connectivity index (χ3v) is 6.62. The number of furan rings is 1. The van der Waals surface area contributed by atoms with Crippen LogP contribution in [-0.2, 0) is 16.1 Å². The number of hydrogen-bond acceptors (Lipinski definition) is 5. The van der Waals surface area contributed by atoms with Gasteiger partial charge in [0.05, 0.1) is 31.9 Å². The molecule has 2 aromatic rings. The van der Waals surface area contributed by atoms with Gasteiger partial charge in [0.25, 0.3) is 0 Å². The van der Waals surface area contributed by atoms with E-state index < -0.39 is 17.8 Å². The highest BCUT2D eigenvalue weighted by Gasteiger charge is 2.50. The molecule has 32 heavy (non-hydrogen) atoms. The van der Waals surface area contributed by atoms with Crippen molar-refractivity contribution in [1.29, 1.82) is 0 Å². The van der Waals surface area contributed by atoms with E-state index in [1.165, 1.54) is 0 Å². The van der Waals surface area contributed by atoms with E-state index in [0.717, 1.165) is 16.9 Å². The van der Waals surface area contributed by atoms with Crippen LogP contribution < -0.4 is 9.84 Å². The number of nitrogens with zero attached hydrogens (tertiary/aromatic N) is 1. The molecule has 1 fully saturated rings. The molecule has 168 valence electrons. The number of carboxylic acid groups (broad SMARTS) is 1. The molecule has 6 nitrogen and oxygen atoms in total.